The van der Waals surface area contributed by atoms with E-state index in [1.54, 1.807) is 0 Å². The van der Waals surface area contributed by atoms with Gasteiger partial charge in [-0.15, -0.1) is 0 Å². The van der Waals surface area contributed by atoms with Crippen molar-refractivity contribution >= 4 is 5.78 Å². The summed E-state index contributed by atoms with van der Waals surface area (Å²) < 4.78 is 62.2. The average Bonchev–Trinajstić information content (AvgIpc) is 2.13. The van der Waals surface area contributed by atoms with E-state index in [4.69, 9.17) is 5.11 Å². The van der Waals surface area contributed by atoms with E-state index in [0.717, 1.165) is 6.92 Å². The number of rotatable bonds is 2. The highest BCUT2D eigenvalue weighted by molar-refractivity contribution is 5.94. The van der Waals surface area contributed by atoms with Crippen LogP contribution < -0.4 is 0 Å². The third-order valence-corrected chi connectivity index (χ3v) is 2.07. The molecule has 0 aliphatic carbocycles. The van der Waals surface area contributed by atoms with Gasteiger partial charge in [-0.3, -0.25) is 4.79 Å². The van der Waals surface area contributed by atoms with Crippen LogP contribution in [0, 0.1) is 0 Å². The number of carbonyl (C=O) groups excluding carboxylic acids is 1. The first-order chi connectivity index (χ1) is 7.64. The Balaban J connectivity index is 3.55. The molecule has 17 heavy (non-hydrogen) atoms. The van der Waals surface area contributed by atoms with Gasteiger partial charge in [0.2, 0.25) is 0 Å². The van der Waals surface area contributed by atoms with Crippen LogP contribution in [0.15, 0.2) is 12.1 Å². The van der Waals surface area contributed by atoms with Gasteiger partial charge in [-0.1, -0.05) is 0 Å². The van der Waals surface area contributed by atoms with Crippen molar-refractivity contribution in [1.82, 2.24) is 0 Å². The molecule has 94 valence electrons. The Morgan fingerprint density at radius 2 is 1.82 bits per heavy atom. The van der Waals surface area contributed by atoms with Gasteiger partial charge in [0.25, 0.3) is 6.43 Å². The van der Waals surface area contributed by atoms with Crippen LogP contribution in [0.4, 0.5) is 22.0 Å². The molecule has 1 aromatic rings. The van der Waals surface area contributed by atoms with E-state index < -0.39 is 40.8 Å². The molecule has 0 aliphatic rings. The summed E-state index contributed by atoms with van der Waals surface area (Å²) in [4.78, 5) is 10.9. The Bertz CT molecular complexity index is 451. The fourth-order valence-corrected chi connectivity index (χ4v) is 1.33. The molecule has 1 aromatic carbocycles. The zero-order valence-electron chi connectivity index (χ0n) is 8.48. The topological polar surface area (TPSA) is 37.3 Å². The minimum Gasteiger partial charge on any atom is -0.507 e. The molecule has 7 heteroatoms. The number of halogens is 5. The van der Waals surface area contributed by atoms with E-state index in [1.807, 2.05) is 0 Å². The molecule has 0 atom stereocenters. The van der Waals surface area contributed by atoms with Crippen molar-refractivity contribution in [3.63, 3.8) is 0 Å². The van der Waals surface area contributed by atoms with Crippen molar-refractivity contribution in [3.8, 4) is 5.75 Å². The smallest absolute Gasteiger partial charge is 0.420 e. The highest BCUT2D eigenvalue weighted by Crippen LogP contribution is 2.42. The predicted molar refractivity (Wildman–Crippen MR) is 48.1 cm³/mol. The second kappa shape index (κ2) is 4.31. The van der Waals surface area contributed by atoms with Gasteiger partial charge in [0, 0.05) is 11.1 Å². The molecule has 0 saturated carbocycles. The Morgan fingerprint density at radius 3 is 2.18 bits per heavy atom. The van der Waals surface area contributed by atoms with Gasteiger partial charge in [0.15, 0.2) is 5.78 Å². The molecule has 0 amide bonds. The summed E-state index contributed by atoms with van der Waals surface area (Å²) in [5.41, 5.74) is -3.61. The number of ketones is 1. The van der Waals surface area contributed by atoms with Crippen LogP contribution in [0.2, 0.25) is 0 Å². The van der Waals surface area contributed by atoms with Crippen molar-refractivity contribution in [2.24, 2.45) is 0 Å². The Morgan fingerprint density at radius 1 is 1.29 bits per heavy atom. The second-order valence-electron chi connectivity index (χ2n) is 3.31. The van der Waals surface area contributed by atoms with Crippen molar-refractivity contribution in [2.75, 3.05) is 0 Å². The summed E-state index contributed by atoms with van der Waals surface area (Å²) in [6.45, 7) is 0.997. The molecule has 0 fully saturated rings. The number of Topliss-reactive ketones (excluding diaryl/α,β-unsaturated/α-hetero) is 1. The molecule has 1 N–H and O–H groups in total. The van der Waals surface area contributed by atoms with Crippen LogP contribution in [-0.2, 0) is 6.18 Å². The molecule has 2 nitrogen and oxygen atoms in total. The van der Waals surface area contributed by atoms with Gasteiger partial charge < -0.3 is 5.11 Å². The Kier molecular flexibility index (Phi) is 3.40. The molecule has 0 bridgehead atoms. The number of aromatic hydroxyl groups is 1. The standard InChI is InChI=1S/C10H7F5O2/c1-4(16)5-2-6(9(11)12)8(7(17)3-5)10(13,14)15/h2-3,9,17H,1H3. The molecule has 0 radical (unpaired) electrons. The maximum Gasteiger partial charge on any atom is 0.420 e. The van der Waals surface area contributed by atoms with Gasteiger partial charge >= 0.3 is 6.18 Å². The number of hydrogen-bond acceptors (Lipinski definition) is 2. The maximum absolute atomic E-state index is 12.5. The van der Waals surface area contributed by atoms with Gasteiger partial charge in [0.1, 0.15) is 11.3 Å². The minimum atomic E-state index is -5.11. The van der Waals surface area contributed by atoms with Crippen LogP contribution in [-0.4, -0.2) is 10.9 Å². The fourth-order valence-electron chi connectivity index (χ4n) is 1.33. The van der Waals surface area contributed by atoms with Gasteiger partial charge in [0.05, 0.1) is 0 Å². The summed E-state index contributed by atoms with van der Waals surface area (Å²) in [7, 11) is 0. The summed E-state index contributed by atoms with van der Waals surface area (Å²) in [6.07, 6.45) is -8.54. The number of phenolic OH excluding ortho intramolecular Hbond substituents is 1. The quantitative estimate of drug-likeness (QED) is 0.647. The highest BCUT2D eigenvalue weighted by Gasteiger charge is 2.39. The number of benzene rings is 1. The molecular formula is C10H7F5O2. The van der Waals surface area contributed by atoms with E-state index in [-0.39, 0.29) is 0 Å². The molecule has 0 aliphatic heterocycles. The summed E-state index contributed by atoms with van der Waals surface area (Å²) in [5.74, 6) is -2.09. The van der Waals surface area contributed by atoms with Gasteiger partial charge in [-0.05, 0) is 19.1 Å². The predicted octanol–water partition coefficient (Wildman–Crippen LogP) is 3.55. The monoisotopic (exact) mass is 254 g/mol. The Hall–Kier alpha value is -1.66. The van der Waals surface area contributed by atoms with Crippen molar-refractivity contribution < 1.29 is 31.9 Å². The fraction of sp³-hybridized carbons (Fsp3) is 0.300. The summed E-state index contributed by atoms with van der Waals surface area (Å²) >= 11 is 0. The van der Waals surface area contributed by atoms with E-state index in [2.05, 4.69) is 0 Å². The third-order valence-electron chi connectivity index (χ3n) is 2.07. The largest absolute Gasteiger partial charge is 0.507 e. The lowest BCUT2D eigenvalue weighted by Crippen LogP contribution is -2.11. The van der Waals surface area contributed by atoms with Crippen molar-refractivity contribution in [3.05, 3.63) is 28.8 Å². The molecule has 0 aromatic heterocycles. The highest BCUT2D eigenvalue weighted by atomic mass is 19.4. The van der Waals surface area contributed by atoms with E-state index >= 15 is 0 Å². The lowest BCUT2D eigenvalue weighted by atomic mass is 10.0. The maximum atomic E-state index is 12.5. The van der Waals surface area contributed by atoms with E-state index in [0.29, 0.717) is 12.1 Å². The molecule has 1 rings (SSSR count). The average molecular weight is 254 g/mol. The normalized spacial score (nSPS) is 11.9. The Labute approximate surface area is 92.7 Å². The van der Waals surface area contributed by atoms with E-state index in [1.165, 1.54) is 0 Å². The molecule has 0 saturated heterocycles. The van der Waals surface area contributed by atoms with Crippen LogP contribution in [0.25, 0.3) is 0 Å². The molecule has 0 spiro atoms. The van der Waals surface area contributed by atoms with Gasteiger partial charge in [-0.2, -0.15) is 13.2 Å². The summed E-state index contributed by atoms with van der Waals surface area (Å²) in [6, 6.07) is 0.965. The zero-order chi connectivity index (χ0) is 13.4. The van der Waals surface area contributed by atoms with Crippen LogP contribution in [0.5, 0.6) is 5.75 Å². The lowest BCUT2D eigenvalue weighted by Gasteiger charge is -2.15. The number of hydrogen-bond donors (Lipinski definition) is 1. The lowest BCUT2D eigenvalue weighted by molar-refractivity contribution is -0.140. The van der Waals surface area contributed by atoms with Crippen LogP contribution >= 0.6 is 0 Å². The van der Waals surface area contributed by atoms with Crippen molar-refractivity contribution in [1.29, 1.82) is 0 Å². The van der Waals surface area contributed by atoms with Gasteiger partial charge in [-0.25, -0.2) is 8.78 Å². The first kappa shape index (κ1) is 13.4. The van der Waals surface area contributed by atoms with E-state index in [9.17, 15) is 26.7 Å². The SMILES string of the molecule is CC(=O)c1cc(O)c(C(F)(F)F)c(C(F)F)c1. The molecule has 0 heterocycles. The van der Waals surface area contributed by atoms with Crippen LogP contribution in [0.1, 0.15) is 34.8 Å². The second-order valence-corrected chi connectivity index (χ2v) is 3.31. The number of alkyl halides is 5. The first-order valence-corrected chi connectivity index (χ1v) is 4.37. The number of phenols is 1. The molecule has 0 unspecified atom stereocenters. The first-order valence-electron chi connectivity index (χ1n) is 4.37. The minimum absolute atomic E-state index is 0.397. The van der Waals surface area contributed by atoms with Crippen LogP contribution in [0.3, 0.4) is 0 Å². The molecular weight excluding hydrogens is 247 g/mol. The third kappa shape index (κ3) is 2.72. The number of carbonyl (C=O) groups is 1. The van der Waals surface area contributed by atoms with Crippen molar-refractivity contribution in [2.45, 2.75) is 19.5 Å². The zero-order valence-corrected chi connectivity index (χ0v) is 8.48. The summed E-state index contributed by atoms with van der Waals surface area (Å²) in [5, 5.41) is 9.10.